The molecule has 4 aliphatic rings. The molecular formula is C15H23N3O. The van der Waals surface area contributed by atoms with E-state index in [1.54, 1.807) is 0 Å². The molecule has 0 saturated heterocycles. The number of aromatic nitrogens is 2. The fourth-order valence-corrected chi connectivity index (χ4v) is 5.05. The van der Waals surface area contributed by atoms with Gasteiger partial charge in [0, 0.05) is 5.92 Å². The fraction of sp³-hybridized carbons (Fsp3) is 0.867. The Morgan fingerprint density at radius 3 is 2.42 bits per heavy atom. The molecule has 0 amide bonds. The summed E-state index contributed by atoms with van der Waals surface area (Å²) in [5.41, 5.74) is 0. The maximum atomic E-state index is 5.40. The van der Waals surface area contributed by atoms with E-state index in [4.69, 9.17) is 4.52 Å². The van der Waals surface area contributed by atoms with Crippen molar-refractivity contribution in [3.8, 4) is 0 Å². The minimum Gasteiger partial charge on any atom is -0.338 e. The van der Waals surface area contributed by atoms with E-state index in [1.807, 2.05) is 0 Å². The Balaban J connectivity index is 1.54. The lowest BCUT2D eigenvalue weighted by Crippen LogP contribution is -2.44. The summed E-state index contributed by atoms with van der Waals surface area (Å²) in [5.74, 6) is 6.03. The Kier molecular flexibility index (Phi) is 2.87. The largest absolute Gasteiger partial charge is 0.338 e. The van der Waals surface area contributed by atoms with Gasteiger partial charge in [-0.3, -0.25) is 0 Å². The van der Waals surface area contributed by atoms with E-state index >= 15 is 0 Å². The van der Waals surface area contributed by atoms with Crippen molar-refractivity contribution in [2.45, 2.75) is 51.5 Å². The molecule has 104 valence electrons. The second-order valence-electron chi connectivity index (χ2n) is 6.78. The van der Waals surface area contributed by atoms with Crippen molar-refractivity contribution in [1.29, 1.82) is 0 Å². The first-order valence-corrected chi connectivity index (χ1v) is 7.86. The van der Waals surface area contributed by atoms with Gasteiger partial charge in [0.1, 0.15) is 0 Å². The third kappa shape index (κ3) is 2.00. The zero-order valence-electron chi connectivity index (χ0n) is 11.6. The van der Waals surface area contributed by atoms with Gasteiger partial charge in [-0.1, -0.05) is 12.1 Å². The van der Waals surface area contributed by atoms with Crippen molar-refractivity contribution < 1.29 is 4.52 Å². The van der Waals surface area contributed by atoms with Crippen molar-refractivity contribution in [2.75, 3.05) is 6.54 Å². The van der Waals surface area contributed by atoms with Crippen molar-refractivity contribution in [3.63, 3.8) is 0 Å². The Hall–Kier alpha value is -0.900. The summed E-state index contributed by atoms with van der Waals surface area (Å²) in [7, 11) is 0. The first kappa shape index (κ1) is 11.9. The average molecular weight is 261 g/mol. The van der Waals surface area contributed by atoms with Gasteiger partial charge in [-0.25, -0.2) is 0 Å². The van der Waals surface area contributed by atoms with Gasteiger partial charge >= 0.3 is 0 Å². The maximum absolute atomic E-state index is 5.40. The summed E-state index contributed by atoms with van der Waals surface area (Å²) in [6.45, 7) is 3.74. The molecule has 4 bridgehead atoms. The van der Waals surface area contributed by atoms with Gasteiger partial charge < -0.3 is 9.84 Å². The molecule has 19 heavy (non-hydrogen) atoms. The lowest BCUT2D eigenvalue weighted by Gasteiger charge is -2.53. The van der Waals surface area contributed by atoms with Gasteiger partial charge in [0.25, 0.3) is 0 Å². The second kappa shape index (κ2) is 4.58. The van der Waals surface area contributed by atoms with Crippen LogP contribution in [-0.2, 0) is 6.54 Å². The topological polar surface area (TPSA) is 51.0 Å². The zero-order chi connectivity index (χ0) is 12.8. The minimum absolute atomic E-state index is 0.590. The fourth-order valence-electron chi connectivity index (χ4n) is 5.05. The predicted octanol–water partition coefficient (Wildman–Crippen LogP) is 2.72. The molecule has 5 rings (SSSR count). The molecule has 0 aromatic carbocycles. The highest BCUT2D eigenvalue weighted by Crippen LogP contribution is 2.59. The monoisotopic (exact) mass is 261 g/mol. The summed E-state index contributed by atoms with van der Waals surface area (Å²) < 4.78 is 5.40. The highest BCUT2D eigenvalue weighted by Gasteiger charge is 2.50. The van der Waals surface area contributed by atoms with Crippen LogP contribution >= 0.6 is 0 Å². The van der Waals surface area contributed by atoms with Gasteiger partial charge in [-0.2, -0.15) is 4.98 Å². The van der Waals surface area contributed by atoms with Crippen LogP contribution in [0.3, 0.4) is 0 Å². The van der Waals surface area contributed by atoms with Gasteiger partial charge in [0.15, 0.2) is 5.82 Å². The molecule has 0 spiro atoms. The Morgan fingerprint density at radius 1 is 1.11 bits per heavy atom. The van der Waals surface area contributed by atoms with E-state index in [0.29, 0.717) is 12.5 Å². The first-order chi connectivity index (χ1) is 9.33. The van der Waals surface area contributed by atoms with E-state index in [9.17, 15) is 0 Å². The van der Waals surface area contributed by atoms with Crippen LogP contribution in [0.1, 0.15) is 56.7 Å². The van der Waals surface area contributed by atoms with E-state index in [0.717, 1.165) is 41.9 Å². The molecule has 0 aliphatic heterocycles. The predicted molar refractivity (Wildman–Crippen MR) is 71.5 cm³/mol. The molecule has 4 heteroatoms. The van der Waals surface area contributed by atoms with E-state index in [2.05, 4.69) is 22.4 Å². The van der Waals surface area contributed by atoms with Gasteiger partial charge in [-0.05, 0) is 62.3 Å². The summed E-state index contributed by atoms with van der Waals surface area (Å²) in [5, 5.41) is 7.54. The van der Waals surface area contributed by atoms with Crippen LogP contribution in [0.4, 0.5) is 0 Å². The number of rotatable bonds is 4. The molecular weight excluding hydrogens is 238 g/mol. The molecule has 0 unspecified atom stereocenters. The van der Waals surface area contributed by atoms with Gasteiger partial charge in [0.2, 0.25) is 5.89 Å². The normalized spacial score (nSPS) is 39.9. The van der Waals surface area contributed by atoms with Crippen LogP contribution in [-0.4, -0.2) is 16.7 Å². The zero-order valence-corrected chi connectivity index (χ0v) is 11.6. The van der Waals surface area contributed by atoms with Crippen LogP contribution in [0, 0.1) is 23.7 Å². The molecule has 0 radical (unpaired) electrons. The molecule has 0 atom stereocenters. The first-order valence-electron chi connectivity index (χ1n) is 7.86. The standard InChI is InChI=1S/C15H23N3O/c1-2-16-8-13-17-15(18-19-13)14-11-4-9-3-10(6-11)7-12(14)5-9/h9-12,14,16H,2-8H2,1H3. The molecule has 1 aromatic rings. The summed E-state index contributed by atoms with van der Waals surface area (Å²) in [6.07, 6.45) is 7.14. The second-order valence-corrected chi connectivity index (χ2v) is 6.78. The molecule has 4 saturated carbocycles. The molecule has 1 heterocycles. The highest BCUT2D eigenvalue weighted by molar-refractivity contribution is 5.10. The van der Waals surface area contributed by atoms with E-state index < -0.39 is 0 Å². The van der Waals surface area contributed by atoms with E-state index in [1.165, 1.54) is 32.1 Å². The van der Waals surface area contributed by atoms with Crippen LogP contribution in [0.2, 0.25) is 0 Å². The number of hydrogen-bond donors (Lipinski definition) is 1. The molecule has 4 nitrogen and oxygen atoms in total. The maximum Gasteiger partial charge on any atom is 0.240 e. The van der Waals surface area contributed by atoms with Crippen molar-refractivity contribution in [3.05, 3.63) is 11.7 Å². The summed E-state index contributed by atoms with van der Waals surface area (Å²) in [4.78, 5) is 4.65. The quantitative estimate of drug-likeness (QED) is 0.905. The number of hydrogen-bond acceptors (Lipinski definition) is 4. The third-order valence-electron chi connectivity index (χ3n) is 5.53. The van der Waals surface area contributed by atoms with E-state index in [-0.39, 0.29) is 0 Å². The molecule has 1 N–H and O–H groups in total. The SMILES string of the molecule is CCNCc1nc(C2C3CC4CC(C3)CC2C4)no1. The lowest BCUT2D eigenvalue weighted by atomic mass is 9.52. The van der Waals surface area contributed by atoms with Crippen LogP contribution < -0.4 is 5.32 Å². The minimum atomic E-state index is 0.590. The lowest BCUT2D eigenvalue weighted by molar-refractivity contribution is -0.00629. The van der Waals surface area contributed by atoms with Gasteiger partial charge in [-0.15, -0.1) is 0 Å². The highest BCUT2D eigenvalue weighted by atomic mass is 16.5. The van der Waals surface area contributed by atoms with Crippen molar-refractivity contribution >= 4 is 0 Å². The molecule has 4 aliphatic carbocycles. The molecule has 4 fully saturated rings. The Labute approximate surface area is 114 Å². The smallest absolute Gasteiger partial charge is 0.240 e. The van der Waals surface area contributed by atoms with Gasteiger partial charge in [0.05, 0.1) is 6.54 Å². The van der Waals surface area contributed by atoms with Crippen LogP contribution in [0.15, 0.2) is 4.52 Å². The average Bonchev–Trinajstić information content (AvgIpc) is 2.83. The van der Waals surface area contributed by atoms with Crippen LogP contribution in [0.25, 0.3) is 0 Å². The third-order valence-corrected chi connectivity index (χ3v) is 5.53. The Morgan fingerprint density at radius 2 is 1.79 bits per heavy atom. The van der Waals surface area contributed by atoms with Crippen LogP contribution in [0.5, 0.6) is 0 Å². The summed E-state index contributed by atoms with van der Waals surface area (Å²) in [6, 6.07) is 0. The number of nitrogens with zero attached hydrogens (tertiary/aromatic N) is 2. The summed E-state index contributed by atoms with van der Waals surface area (Å²) >= 11 is 0. The molecule has 1 aromatic heterocycles. The van der Waals surface area contributed by atoms with Crippen molar-refractivity contribution in [2.24, 2.45) is 23.7 Å². The number of nitrogens with one attached hydrogen (secondary N) is 1. The van der Waals surface area contributed by atoms with Crippen molar-refractivity contribution in [1.82, 2.24) is 15.5 Å². The Bertz CT molecular complexity index is 428.